The number of nitrogens with one attached hydrogen (secondary N) is 1. The van der Waals surface area contributed by atoms with Gasteiger partial charge in [-0.25, -0.2) is 9.97 Å². The molecule has 1 heterocycles. The van der Waals surface area contributed by atoms with Crippen LogP contribution in [-0.4, -0.2) is 28.5 Å². The van der Waals surface area contributed by atoms with Crippen LogP contribution in [0.1, 0.15) is 55.7 Å². The summed E-state index contributed by atoms with van der Waals surface area (Å²) in [7, 11) is 0. The molecule has 1 fully saturated rings. The molecule has 1 unspecified atom stereocenters. The van der Waals surface area contributed by atoms with Crippen molar-refractivity contribution in [2.24, 2.45) is 0 Å². The molecule has 1 amide bonds. The second kappa shape index (κ2) is 8.48. The first kappa shape index (κ1) is 17.9. The van der Waals surface area contributed by atoms with Crippen molar-refractivity contribution in [3.05, 3.63) is 53.3 Å². The maximum absolute atomic E-state index is 11.0. The van der Waals surface area contributed by atoms with Gasteiger partial charge in [0.1, 0.15) is 6.10 Å². The minimum atomic E-state index is -0.00865. The molecule has 1 aromatic heterocycles. The second-order valence-electron chi connectivity index (χ2n) is 6.64. The Balaban J connectivity index is 1.58. The van der Waals surface area contributed by atoms with Gasteiger partial charge in [0.15, 0.2) is 0 Å². The van der Waals surface area contributed by atoms with E-state index in [1.807, 2.05) is 24.3 Å². The number of hydrogen-bond acceptors (Lipinski definition) is 4. The average molecular weight is 349 g/mol. The smallest absolute Gasteiger partial charge is 0.316 e. The number of hydrogen-bond donors (Lipinski definition) is 1. The predicted octanol–water partition coefficient (Wildman–Crippen LogP) is 3.05. The van der Waals surface area contributed by atoms with Crippen molar-refractivity contribution in [3.8, 4) is 17.9 Å². The molecule has 1 aliphatic rings. The van der Waals surface area contributed by atoms with Crippen molar-refractivity contribution in [2.45, 2.75) is 45.1 Å². The number of ether oxygens (including phenoxy) is 1. The van der Waals surface area contributed by atoms with Crippen LogP contribution in [0.5, 0.6) is 6.01 Å². The average Bonchev–Trinajstić information content (AvgIpc) is 2.62. The molecule has 1 atom stereocenters. The van der Waals surface area contributed by atoms with Gasteiger partial charge in [0.25, 0.3) is 0 Å². The molecule has 0 radical (unpaired) electrons. The summed E-state index contributed by atoms with van der Waals surface area (Å²) in [6.07, 6.45) is 7.06. The largest absolute Gasteiger partial charge is 0.460 e. The maximum atomic E-state index is 11.0. The molecule has 1 saturated carbocycles. The quantitative estimate of drug-likeness (QED) is 0.843. The molecule has 5 heteroatoms. The zero-order valence-corrected chi connectivity index (χ0v) is 15.2. The minimum absolute atomic E-state index is 0.00865. The second-order valence-corrected chi connectivity index (χ2v) is 6.64. The molecule has 1 aromatic carbocycles. The van der Waals surface area contributed by atoms with Crippen LogP contribution in [0.3, 0.4) is 0 Å². The number of benzene rings is 1. The van der Waals surface area contributed by atoms with Gasteiger partial charge in [-0.05, 0) is 42.9 Å². The Bertz CT molecular complexity index is 800. The number of rotatable bonds is 5. The number of carbonyl (C=O) groups excluding carboxylic acids is 1. The van der Waals surface area contributed by atoms with E-state index in [2.05, 4.69) is 34.0 Å². The lowest BCUT2D eigenvalue weighted by Crippen LogP contribution is -2.25. The number of carbonyl (C=O) groups is 1. The third-order valence-electron chi connectivity index (χ3n) is 4.44. The Hall–Kier alpha value is -2.87. The molecule has 26 heavy (non-hydrogen) atoms. The third-order valence-corrected chi connectivity index (χ3v) is 4.44. The normalized spacial score (nSPS) is 14.5. The zero-order chi connectivity index (χ0) is 18.4. The topological polar surface area (TPSA) is 64.1 Å². The fourth-order valence-corrected chi connectivity index (χ4v) is 2.53. The molecule has 1 aliphatic carbocycles. The highest BCUT2D eigenvalue weighted by Gasteiger charge is 2.19. The van der Waals surface area contributed by atoms with Gasteiger partial charge >= 0.3 is 6.01 Å². The Labute approximate surface area is 154 Å². The van der Waals surface area contributed by atoms with Gasteiger partial charge < -0.3 is 10.1 Å². The minimum Gasteiger partial charge on any atom is -0.460 e. The summed E-state index contributed by atoms with van der Waals surface area (Å²) < 4.78 is 5.64. The monoisotopic (exact) mass is 349 g/mol. The van der Waals surface area contributed by atoms with Crippen LogP contribution < -0.4 is 10.1 Å². The number of aromatic nitrogens is 2. The summed E-state index contributed by atoms with van der Waals surface area (Å²) in [5.41, 5.74) is 2.86. The summed E-state index contributed by atoms with van der Waals surface area (Å²) in [5, 5.41) is 2.84. The number of nitrogens with zero attached hydrogens (tertiary/aromatic N) is 2. The Morgan fingerprint density at radius 2 is 1.85 bits per heavy atom. The molecular weight excluding hydrogens is 326 g/mol. The van der Waals surface area contributed by atoms with Crippen molar-refractivity contribution in [3.63, 3.8) is 0 Å². The van der Waals surface area contributed by atoms with Gasteiger partial charge in [0.2, 0.25) is 5.91 Å². The van der Waals surface area contributed by atoms with Crippen LogP contribution in [0.2, 0.25) is 0 Å². The SMILES string of the molecule is CC(=O)NCC(C)c1ccc(C#Cc2cnc(OC3CCC3)nc2)cc1. The summed E-state index contributed by atoms with van der Waals surface area (Å²) in [6.45, 7) is 4.25. The van der Waals surface area contributed by atoms with Crippen molar-refractivity contribution in [2.75, 3.05) is 6.54 Å². The van der Waals surface area contributed by atoms with E-state index in [0.717, 1.165) is 24.0 Å². The van der Waals surface area contributed by atoms with Crippen LogP contribution in [0.4, 0.5) is 0 Å². The van der Waals surface area contributed by atoms with Crippen molar-refractivity contribution in [1.82, 2.24) is 15.3 Å². The lowest BCUT2D eigenvalue weighted by atomic mass is 9.96. The Kier molecular flexibility index (Phi) is 5.85. The molecule has 0 aliphatic heterocycles. The van der Waals surface area contributed by atoms with E-state index in [1.165, 1.54) is 18.9 Å². The standard InChI is InChI=1S/C21H23N3O2/c1-15(12-22-16(2)25)19-10-8-17(9-11-19)6-7-18-13-23-21(24-14-18)26-20-4-3-5-20/h8-11,13-15,20H,3-5,12H2,1-2H3,(H,22,25). The van der Waals surface area contributed by atoms with Gasteiger partial charge in [-0.15, -0.1) is 0 Å². The third kappa shape index (κ3) is 5.06. The highest BCUT2D eigenvalue weighted by Crippen LogP contribution is 2.22. The van der Waals surface area contributed by atoms with Gasteiger partial charge in [-0.2, -0.15) is 0 Å². The Morgan fingerprint density at radius 3 is 2.42 bits per heavy atom. The van der Waals surface area contributed by atoms with Crippen LogP contribution in [0.25, 0.3) is 0 Å². The van der Waals surface area contributed by atoms with Crippen LogP contribution in [0, 0.1) is 11.8 Å². The summed E-state index contributed by atoms with van der Waals surface area (Å²) in [5.74, 6) is 6.44. The summed E-state index contributed by atoms with van der Waals surface area (Å²) in [4.78, 5) is 19.4. The van der Waals surface area contributed by atoms with E-state index in [0.29, 0.717) is 12.6 Å². The van der Waals surface area contributed by atoms with Gasteiger partial charge in [0, 0.05) is 31.4 Å². The van der Waals surface area contributed by atoms with E-state index < -0.39 is 0 Å². The molecule has 0 spiro atoms. The van der Waals surface area contributed by atoms with Gasteiger partial charge in [0.05, 0.1) is 5.56 Å². The molecular formula is C21H23N3O2. The van der Waals surface area contributed by atoms with Crippen LogP contribution in [0.15, 0.2) is 36.7 Å². The zero-order valence-electron chi connectivity index (χ0n) is 15.2. The molecule has 1 N–H and O–H groups in total. The van der Waals surface area contributed by atoms with Crippen molar-refractivity contribution >= 4 is 5.91 Å². The van der Waals surface area contributed by atoms with E-state index in [9.17, 15) is 4.79 Å². The van der Waals surface area contributed by atoms with Gasteiger partial charge in [-0.3, -0.25) is 4.79 Å². The highest BCUT2D eigenvalue weighted by molar-refractivity contribution is 5.72. The number of amides is 1. The summed E-state index contributed by atoms with van der Waals surface area (Å²) in [6, 6.07) is 8.49. The first-order valence-corrected chi connectivity index (χ1v) is 8.95. The fraction of sp³-hybridized carbons (Fsp3) is 0.381. The van der Waals surface area contributed by atoms with Crippen molar-refractivity contribution in [1.29, 1.82) is 0 Å². The molecule has 0 saturated heterocycles. The lowest BCUT2D eigenvalue weighted by molar-refractivity contribution is -0.119. The van der Waals surface area contributed by atoms with Gasteiger partial charge in [-0.1, -0.05) is 30.9 Å². The molecule has 0 bridgehead atoms. The van der Waals surface area contributed by atoms with E-state index in [-0.39, 0.29) is 17.9 Å². The van der Waals surface area contributed by atoms with Crippen LogP contribution >= 0.6 is 0 Å². The van der Waals surface area contributed by atoms with E-state index in [1.54, 1.807) is 12.4 Å². The highest BCUT2D eigenvalue weighted by atomic mass is 16.5. The first-order chi connectivity index (χ1) is 12.6. The predicted molar refractivity (Wildman–Crippen MR) is 99.8 cm³/mol. The maximum Gasteiger partial charge on any atom is 0.316 e. The van der Waals surface area contributed by atoms with Crippen molar-refractivity contribution < 1.29 is 9.53 Å². The first-order valence-electron chi connectivity index (χ1n) is 8.95. The Morgan fingerprint density at radius 1 is 1.19 bits per heavy atom. The van der Waals surface area contributed by atoms with Crippen LogP contribution in [-0.2, 0) is 4.79 Å². The van der Waals surface area contributed by atoms with E-state index >= 15 is 0 Å². The van der Waals surface area contributed by atoms with E-state index in [4.69, 9.17) is 4.74 Å². The molecule has 3 rings (SSSR count). The fourth-order valence-electron chi connectivity index (χ4n) is 2.53. The lowest BCUT2D eigenvalue weighted by Gasteiger charge is -2.24. The summed E-state index contributed by atoms with van der Waals surface area (Å²) >= 11 is 0. The molecule has 134 valence electrons. The molecule has 2 aromatic rings. The molecule has 5 nitrogen and oxygen atoms in total.